The highest BCUT2D eigenvalue weighted by atomic mass is 79.9. The number of nitro benzene ring substituents is 1. The number of halogens is 1. The van der Waals surface area contributed by atoms with Crippen molar-refractivity contribution in [3.63, 3.8) is 0 Å². The van der Waals surface area contributed by atoms with Crippen molar-refractivity contribution in [3.05, 3.63) is 56.0 Å². The second-order valence-corrected chi connectivity index (χ2v) is 6.48. The molecule has 0 atom stereocenters. The van der Waals surface area contributed by atoms with Crippen LogP contribution in [0.5, 0.6) is 11.5 Å². The lowest BCUT2D eigenvalue weighted by Crippen LogP contribution is -1.93. The summed E-state index contributed by atoms with van der Waals surface area (Å²) in [6.45, 7) is 1.87. The molecule has 1 aromatic heterocycles. The SMILES string of the molecule is Cc1nc2cc(Oc3ccc(Br)cc3)c([N+](=O)[O-])cc2s1. The van der Waals surface area contributed by atoms with E-state index in [1.807, 2.05) is 19.1 Å². The molecular weight excluding hydrogens is 356 g/mol. The minimum atomic E-state index is -0.442. The summed E-state index contributed by atoms with van der Waals surface area (Å²) in [7, 11) is 0. The molecule has 1 heterocycles. The zero-order chi connectivity index (χ0) is 15.0. The van der Waals surface area contributed by atoms with E-state index in [1.54, 1.807) is 18.2 Å². The van der Waals surface area contributed by atoms with Gasteiger partial charge in [-0.2, -0.15) is 0 Å². The lowest BCUT2D eigenvalue weighted by Gasteiger charge is -2.06. The van der Waals surface area contributed by atoms with Gasteiger partial charge in [0.1, 0.15) is 5.75 Å². The van der Waals surface area contributed by atoms with E-state index in [2.05, 4.69) is 20.9 Å². The fourth-order valence-corrected chi connectivity index (χ4v) is 3.02. The Bertz CT molecular complexity index is 830. The van der Waals surface area contributed by atoms with Crippen LogP contribution < -0.4 is 4.74 Å². The fraction of sp³-hybridized carbons (Fsp3) is 0.0714. The fourth-order valence-electron chi connectivity index (χ4n) is 1.91. The van der Waals surface area contributed by atoms with Gasteiger partial charge in [0.2, 0.25) is 5.75 Å². The summed E-state index contributed by atoms with van der Waals surface area (Å²) in [6.07, 6.45) is 0. The highest BCUT2D eigenvalue weighted by Crippen LogP contribution is 2.37. The molecule has 0 N–H and O–H groups in total. The van der Waals surface area contributed by atoms with Crippen LogP contribution in [0.25, 0.3) is 10.2 Å². The van der Waals surface area contributed by atoms with Crippen LogP contribution in [-0.4, -0.2) is 9.91 Å². The van der Waals surface area contributed by atoms with Crippen LogP contribution in [-0.2, 0) is 0 Å². The molecule has 3 rings (SSSR count). The molecule has 0 amide bonds. The van der Waals surface area contributed by atoms with E-state index in [0.29, 0.717) is 11.3 Å². The van der Waals surface area contributed by atoms with Gasteiger partial charge in [-0.25, -0.2) is 4.98 Å². The van der Waals surface area contributed by atoms with E-state index in [4.69, 9.17) is 4.74 Å². The van der Waals surface area contributed by atoms with Crippen molar-refractivity contribution in [1.29, 1.82) is 0 Å². The van der Waals surface area contributed by atoms with Gasteiger partial charge >= 0.3 is 5.69 Å². The van der Waals surface area contributed by atoms with E-state index in [0.717, 1.165) is 14.2 Å². The molecule has 21 heavy (non-hydrogen) atoms. The van der Waals surface area contributed by atoms with Gasteiger partial charge in [0.25, 0.3) is 0 Å². The number of benzene rings is 2. The molecule has 0 bridgehead atoms. The maximum absolute atomic E-state index is 11.2. The van der Waals surface area contributed by atoms with E-state index < -0.39 is 4.92 Å². The third-order valence-corrected chi connectivity index (χ3v) is 4.28. The summed E-state index contributed by atoms with van der Waals surface area (Å²) >= 11 is 4.75. The van der Waals surface area contributed by atoms with E-state index in [-0.39, 0.29) is 11.4 Å². The van der Waals surface area contributed by atoms with Gasteiger partial charge < -0.3 is 4.74 Å². The smallest absolute Gasteiger partial charge is 0.313 e. The molecule has 0 aliphatic carbocycles. The minimum Gasteiger partial charge on any atom is -0.450 e. The van der Waals surface area contributed by atoms with E-state index in [1.165, 1.54) is 17.4 Å². The lowest BCUT2D eigenvalue weighted by atomic mass is 10.2. The summed E-state index contributed by atoms with van der Waals surface area (Å²) < 4.78 is 7.34. The number of rotatable bonds is 3. The van der Waals surface area contributed by atoms with Gasteiger partial charge in [-0.3, -0.25) is 10.1 Å². The first kappa shape index (κ1) is 14.0. The molecule has 0 spiro atoms. The van der Waals surface area contributed by atoms with Gasteiger partial charge in [-0.05, 0) is 31.2 Å². The Labute approximate surface area is 132 Å². The molecule has 0 saturated carbocycles. The van der Waals surface area contributed by atoms with Crippen molar-refractivity contribution in [2.45, 2.75) is 6.92 Å². The monoisotopic (exact) mass is 364 g/mol. The summed E-state index contributed by atoms with van der Waals surface area (Å²) in [5.74, 6) is 0.729. The Morgan fingerprint density at radius 3 is 2.67 bits per heavy atom. The van der Waals surface area contributed by atoms with Crippen molar-refractivity contribution < 1.29 is 9.66 Å². The number of aryl methyl sites for hydroxylation is 1. The standard InChI is InChI=1S/C14H9BrN2O3S/c1-8-16-11-6-13(12(17(18)19)7-14(11)21-8)20-10-4-2-9(15)3-5-10/h2-7H,1H3. The Morgan fingerprint density at radius 2 is 2.00 bits per heavy atom. The second-order valence-electron chi connectivity index (χ2n) is 4.33. The normalized spacial score (nSPS) is 10.8. The van der Waals surface area contributed by atoms with Crippen molar-refractivity contribution in [2.24, 2.45) is 0 Å². The third-order valence-electron chi connectivity index (χ3n) is 2.81. The van der Waals surface area contributed by atoms with Crippen LogP contribution in [0, 0.1) is 17.0 Å². The summed E-state index contributed by atoms with van der Waals surface area (Å²) in [6, 6.07) is 10.2. The molecule has 0 unspecified atom stereocenters. The van der Waals surface area contributed by atoms with Gasteiger partial charge in [-0.1, -0.05) is 15.9 Å². The molecule has 0 aliphatic heterocycles. The molecular formula is C14H9BrN2O3S. The molecule has 2 aromatic carbocycles. The quantitative estimate of drug-likeness (QED) is 0.480. The van der Waals surface area contributed by atoms with E-state index in [9.17, 15) is 10.1 Å². The number of thiazole rings is 1. The molecule has 0 radical (unpaired) electrons. The highest BCUT2D eigenvalue weighted by Gasteiger charge is 2.19. The Morgan fingerprint density at radius 1 is 1.29 bits per heavy atom. The number of hydrogen-bond acceptors (Lipinski definition) is 5. The van der Waals surface area contributed by atoms with Gasteiger partial charge in [-0.15, -0.1) is 11.3 Å². The Balaban J connectivity index is 2.08. The van der Waals surface area contributed by atoms with E-state index >= 15 is 0 Å². The summed E-state index contributed by atoms with van der Waals surface area (Å²) in [5, 5.41) is 12.1. The number of nitrogens with zero attached hydrogens (tertiary/aromatic N) is 2. The molecule has 0 saturated heterocycles. The van der Waals surface area contributed by atoms with Crippen molar-refractivity contribution >= 4 is 43.2 Å². The Kier molecular flexibility index (Phi) is 3.60. The van der Waals surface area contributed by atoms with Gasteiger partial charge in [0, 0.05) is 16.6 Å². The molecule has 0 fully saturated rings. The van der Waals surface area contributed by atoms with Crippen LogP contribution in [0.15, 0.2) is 40.9 Å². The molecule has 106 valence electrons. The van der Waals surface area contributed by atoms with Crippen LogP contribution in [0.3, 0.4) is 0 Å². The van der Waals surface area contributed by atoms with Crippen LogP contribution in [0.4, 0.5) is 5.69 Å². The molecule has 3 aromatic rings. The number of fused-ring (bicyclic) bond motifs is 1. The average Bonchev–Trinajstić information content (AvgIpc) is 2.79. The highest BCUT2D eigenvalue weighted by molar-refractivity contribution is 9.10. The summed E-state index contributed by atoms with van der Waals surface area (Å²) in [4.78, 5) is 15.1. The summed E-state index contributed by atoms with van der Waals surface area (Å²) in [5.41, 5.74) is 0.643. The average molecular weight is 365 g/mol. The zero-order valence-corrected chi connectivity index (χ0v) is 13.3. The number of aromatic nitrogens is 1. The predicted molar refractivity (Wildman–Crippen MR) is 85.2 cm³/mol. The van der Waals surface area contributed by atoms with Crippen molar-refractivity contribution in [2.75, 3.05) is 0 Å². The van der Waals surface area contributed by atoms with Crippen LogP contribution >= 0.6 is 27.3 Å². The largest absolute Gasteiger partial charge is 0.450 e. The van der Waals surface area contributed by atoms with Crippen molar-refractivity contribution in [1.82, 2.24) is 4.98 Å². The number of ether oxygens (including phenoxy) is 1. The van der Waals surface area contributed by atoms with Crippen LogP contribution in [0.1, 0.15) is 5.01 Å². The predicted octanol–water partition coefficient (Wildman–Crippen LogP) is 5.07. The van der Waals surface area contributed by atoms with Crippen molar-refractivity contribution in [3.8, 4) is 11.5 Å². The third kappa shape index (κ3) is 2.88. The second kappa shape index (κ2) is 5.42. The maximum atomic E-state index is 11.2. The number of hydrogen-bond donors (Lipinski definition) is 0. The van der Waals surface area contributed by atoms with Crippen LogP contribution in [0.2, 0.25) is 0 Å². The molecule has 5 nitrogen and oxygen atoms in total. The first-order chi connectivity index (χ1) is 10.0. The van der Waals surface area contributed by atoms with Gasteiger partial charge in [0.15, 0.2) is 0 Å². The zero-order valence-electron chi connectivity index (χ0n) is 10.9. The Hall–Kier alpha value is -1.99. The minimum absolute atomic E-state index is 0.0610. The molecule has 0 aliphatic rings. The van der Waals surface area contributed by atoms with Gasteiger partial charge in [0.05, 0.1) is 20.1 Å². The molecule has 7 heteroatoms. The first-order valence-corrected chi connectivity index (χ1v) is 7.63. The topological polar surface area (TPSA) is 65.3 Å². The number of nitro groups is 1. The lowest BCUT2D eigenvalue weighted by molar-refractivity contribution is -0.385. The first-order valence-electron chi connectivity index (χ1n) is 6.02. The maximum Gasteiger partial charge on any atom is 0.313 e.